The maximum atomic E-state index is 13.1. The number of benzene rings is 2. The van der Waals surface area contributed by atoms with Crippen molar-refractivity contribution in [1.29, 1.82) is 0 Å². The fourth-order valence-electron chi connectivity index (χ4n) is 2.79. The van der Waals surface area contributed by atoms with Gasteiger partial charge in [-0.25, -0.2) is 14.2 Å². The average molecular weight is 402 g/mol. The lowest BCUT2D eigenvalue weighted by Gasteiger charge is -2.16. The standard InChI is InChI=1S/C20H19FN2O4S/c1-3-23-18(25)17(16(24)12-4-8-14(21)9-5-12)28-20(23)22-15-10-6-13(7-11-15)19(26)27-2/h4-11,16-17,24H,3H2,1-2H3/t16-,17-/m0/s1. The molecule has 8 heteroatoms. The summed E-state index contributed by atoms with van der Waals surface area (Å²) in [5.74, 6) is -1.11. The number of rotatable bonds is 5. The first-order chi connectivity index (χ1) is 13.4. The number of esters is 1. The number of hydrogen-bond donors (Lipinski definition) is 1. The minimum absolute atomic E-state index is 0.255. The number of aliphatic hydroxyl groups excluding tert-OH is 1. The van der Waals surface area contributed by atoms with E-state index < -0.39 is 23.1 Å². The third-order valence-corrected chi connectivity index (χ3v) is 5.54. The van der Waals surface area contributed by atoms with E-state index in [1.54, 1.807) is 24.3 Å². The lowest BCUT2D eigenvalue weighted by atomic mass is 10.1. The Hall–Kier alpha value is -2.71. The van der Waals surface area contributed by atoms with Crippen LogP contribution in [-0.2, 0) is 9.53 Å². The summed E-state index contributed by atoms with van der Waals surface area (Å²) in [5, 5.41) is 10.3. The third kappa shape index (κ3) is 4.07. The normalized spacial score (nSPS) is 19.1. The summed E-state index contributed by atoms with van der Waals surface area (Å²) < 4.78 is 17.8. The number of carbonyl (C=O) groups excluding carboxylic acids is 2. The lowest BCUT2D eigenvalue weighted by molar-refractivity contribution is -0.127. The lowest BCUT2D eigenvalue weighted by Crippen LogP contribution is -2.34. The van der Waals surface area contributed by atoms with E-state index in [-0.39, 0.29) is 5.91 Å². The van der Waals surface area contributed by atoms with Gasteiger partial charge in [0.05, 0.1) is 18.4 Å². The number of amidine groups is 1. The number of methoxy groups -OCH3 is 1. The molecule has 3 rings (SSSR count). The molecule has 0 aliphatic carbocycles. The van der Waals surface area contributed by atoms with Crippen LogP contribution >= 0.6 is 11.8 Å². The van der Waals surface area contributed by atoms with E-state index in [4.69, 9.17) is 0 Å². The fourth-order valence-corrected chi connectivity index (χ4v) is 4.03. The van der Waals surface area contributed by atoms with Crippen molar-refractivity contribution in [3.8, 4) is 0 Å². The molecule has 0 spiro atoms. The number of nitrogens with zero attached hydrogens (tertiary/aromatic N) is 2. The quantitative estimate of drug-likeness (QED) is 0.777. The highest BCUT2D eigenvalue weighted by Crippen LogP contribution is 2.37. The van der Waals surface area contributed by atoms with E-state index in [1.165, 1.54) is 36.3 Å². The number of carbonyl (C=O) groups is 2. The van der Waals surface area contributed by atoms with E-state index in [1.807, 2.05) is 6.92 Å². The van der Waals surface area contributed by atoms with Gasteiger partial charge in [0.15, 0.2) is 5.17 Å². The molecule has 0 radical (unpaired) electrons. The molecule has 1 fully saturated rings. The highest BCUT2D eigenvalue weighted by molar-refractivity contribution is 8.15. The van der Waals surface area contributed by atoms with Crippen LogP contribution in [0.5, 0.6) is 0 Å². The molecule has 2 atom stereocenters. The van der Waals surface area contributed by atoms with Crippen molar-refractivity contribution in [1.82, 2.24) is 4.90 Å². The van der Waals surface area contributed by atoms with E-state index >= 15 is 0 Å². The van der Waals surface area contributed by atoms with Crippen LogP contribution in [0.15, 0.2) is 53.5 Å². The van der Waals surface area contributed by atoms with Gasteiger partial charge in [-0.2, -0.15) is 0 Å². The van der Waals surface area contributed by atoms with Gasteiger partial charge in [-0.05, 0) is 48.9 Å². The molecule has 28 heavy (non-hydrogen) atoms. The van der Waals surface area contributed by atoms with E-state index in [0.29, 0.717) is 28.5 Å². The molecular weight excluding hydrogens is 383 g/mol. The summed E-state index contributed by atoms with van der Waals surface area (Å²) in [6.07, 6.45) is -1.08. The Kier molecular flexibility index (Phi) is 6.11. The van der Waals surface area contributed by atoms with Gasteiger partial charge in [0.25, 0.3) is 0 Å². The average Bonchev–Trinajstić information content (AvgIpc) is 3.03. The summed E-state index contributed by atoms with van der Waals surface area (Å²) in [6.45, 7) is 2.22. The van der Waals surface area contributed by atoms with Gasteiger partial charge >= 0.3 is 5.97 Å². The molecule has 0 saturated carbocycles. The van der Waals surface area contributed by atoms with Crippen molar-refractivity contribution in [2.75, 3.05) is 13.7 Å². The maximum absolute atomic E-state index is 13.1. The molecule has 1 saturated heterocycles. The van der Waals surface area contributed by atoms with Crippen molar-refractivity contribution in [2.24, 2.45) is 4.99 Å². The zero-order valence-electron chi connectivity index (χ0n) is 15.3. The summed E-state index contributed by atoms with van der Waals surface area (Å²) in [4.78, 5) is 30.2. The zero-order chi connectivity index (χ0) is 20.3. The maximum Gasteiger partial charge on any atom is 0.337 e. The van der Waals surface area contributed by atoms with Gasteiger partial charge in [0.1, 0.15) is 17.2 Å². The molecule has 6 nitrogen and oxygen atoms in total. The third-order valence-electron chi connectivity index (χ3n) is 4.30. The first-order valence-corrected chi connectivity index (χ1v) is 9.51. The second-order valence-electron chi connectivity index (χ2n) is 6.05. The Morgan fingerprint density at radius 3 is 2.46 bits per heavy atom. The number of hydrogen-bond acceptors (Lipinski definition) is 6. The van der Waals surface area contributed by atoms with Gasteiger partial charge < -0.3 is 9.84 Å². The largest absolute Gasteiger partial charge is 0.465 e. The second-order valence-corrected chi connectivity index (χ2v) is 7.16. The van der Waals surface area contributed by atoms with Crippen LogP contribution in [0.3, 0.4) is 0 Å². The van der Waals surface area contributed by atoms with Crippen molar-refractivity contribution in [2.45, 2.75) is 18.3 Å². The fraction of sp³-hybridized carbons (Fsp3) is 0.250. The van der Waals surface area contributed by atoms with E-state index in [2.05, 4.69) is 9.73 Å². The molecule has 1 amide bonds. The Morgan fingerprint density at radius 2 is 1.89 bits per heavy atom. The Balaban J connectivity index is 1.83. The zero-order valence-corrected chi connectivity index (χ0v) is 16.1. The highest BCUT2D eigenvalue weighted by Gasteiger charge is 2.42. The van der Waals surface area contributed by atoms with Crippen molar-refractivity contribution >= 4 is 34.5 Å². The number of aliphatic hydroxyl groups is 1. The summed E-state index contributed by atoms with van der Waals surface area (Å²) >= 11 is 1.16. The number of halogens is 1. The minimum Gasteiger partial charge on any atom is -0.465 e. The molecule has 2 aromatic rings. The topological polar surface area (TPSA) is 79.2 Å². The predicted molar refractivity (Wildman–Crippen MR) is 105 cm³/mol. The van der Waals surface area contributed by atoms with Crippen molar-refractivity contribution in [3.63, 3.8) is 0 Å². The number of ether oxygens (including phenoxy) is 1. The molecule has 1 heterocycles. The van der Waals surface area contributed by atoms with Crippen molar-refractivity contribution in [3.05, 3.63) is 65.5 Å². The molecule has 0 unspecified atom stereocenters. The number of thioether (sulfide) groups is 1. The van der Waals surface area contributed by atoms with Crippen LogP contribution in [0.1, 0.15) is 28.9 Å². The Morgan fingerprint density at radius 1 is 1.25 bits per heavy atom. The molecule has 1 N–H and O–H groups in total. The van der Waals surface area contributed by atoms with Crippen LogP contribution in [-0.4, -0.2) is 46.0 Å². The summed E-state index contributed by atoms with van der Waals surface area (Å²) in [7, 11) is 1.31. The molecular formula is C20H19FN2O4S. The Bertz CT molecular complexity index is 899. The van der Waals surface area contributed by atoms with Crippen LogP contribution in [0, 0.1) is 5.82 Å². The van der Waals surface area contributed by atoms with Gasteiger partial charge in [-0.1, -0.05) is 23.9 Å². The van der Waals surface area contributed by atoms with Gasteiger partial charge in [0, 0.05) is 6.54 Å². The van der Waals surface area contributed by atoms with Gasteiger partial charge in [-0.3, -0.25) is 9.69 Å². The van der Waals surface area contributed by atoms with Crippen LogP contribution in [0.25, 0.3) is 0 Å². The van der Waals surface area contributed by atoms with E-state index in [0.717, 1.165) is 11.8 Å². The first kappa shape index (κ1) is 20.0. The highest BCUT2D eigenvalue weighted by atomic mass is 32.2. The second kappa shape index (κ2) is 8.53. The van der Waals surface area contributed by atoms with E-state index in [9.17, 15) is 19.1 Å². The number of aliphatic imine (C=N–C) groups is 1. The van der Waals surface area contributed by atoms with Crippen LogP contribution in [0.2, 0.25) is 0 Å². The molecule has 1 aliphatic rings. The van der Waals surface area contributed by atoms with Crippen LogP contribution in [0.4, 0.5) is 10.1 Å². The molecule has 1 aliphatic heterocycles. The predicted octanol–water partition coefficient (Wildman–Crippen LogP) is 3.30. The summed E-state index contributed by atoms with van der Waals surface area (Å²) in [5.41, 5.74) is 1.43. The first-order valence-electron chi connectivity index (χ1n) is 8.63. The molecule has 146 valence electrons. The monoisotopic (exact) mass is 402 g/mol. The number of amides is 1. The van der Waals surface area contributed by atoms with Gasteiger partial charge in [0.2, 0.25) is 5.91 Å². The van der Waals surface area contributed by atoms with Crippen molar-refractivity contribution < 1.29 is 23.8 Å². The molecule has 0 bridgehead atoms. The minimum atomic E-state index is -1.08. The molecule has 0 aromatic heterocycles. The molecule has 2 aromatic carbocycles. The van der Waals surface area contributed by atoms with Crippen LogP contribution < -0.4 is 0 Å². The van der Waals surface area contributed by atoms with Gasteiger partial charge in [-0.15, -0.1) is 0 Å². The smallest absolute Gasteiger partial charge is 0.337 e. The summed E-state index contributed by atoms with van der Waals surface area (Å²) in [6, 6.07) is 11.9. The SMILES string of the molecule is CCN1C(=O)[C@H]([C@@H](O)c2ccc(F)cc2)SC1=Nc1ccc(C(=O)OC)cc1. The Labute approximate surface area is 166 Å².